The number of rotatable bonds is 0. The molecule has 3 nitrogen and oxygen atoms in total. The number of cyclic esters (lactones) is 1. The van der Waals surface area contributed by atoms with Crippen LogP contribution in [0, 0.1) is 0 Å². The van der Waals surface area contributed by atoms with E-state index in [2.05, 4.69) is 0 Å². The van der Waals surface area contributed by atoms with Crippen LogP contribution in [-0.2, 0) is 9.53 Å². The highest BCUT2D eigenvalue weighted by atomic mass is 16.6. The second-order valence-electron chi connectivity index (χ2n) is 2.89. The lowest BCUT2D eigenvalue weighted by Gasteiger charge is -2.25. The molecule has 0 atom stereocenters. The molecule has 0 saturated carbocycles. The van der Waals surface area contributed by atoms with Crippen LogP contribution < -0.4 is 0 Å². The number of esters is 1. The number of carbonyl (C=O) groups excluding carboxylic acids is 1. The van der Waals surface area contributed by atoms with E-state index in [0.29, 0.717) is 0 Å². The van der Waals surface area contributed by atoms with Crippen molar-refractivity contribution >= 4 is 5.97 Å². The molecule has 0 saturated heterocycles. The highest BCUT2D eigenvalue weighted by molar-refractivity contribution is 5.73. The number of aliphatic hydroxyl groups excluding tert-OH is 1. The third kappa shape index (κ3) is 1.50. The molecule has 0 aromatic heterocycles. The zero-order valence-corrected chi connectivity index (χ0v) is 6.05. The quantitative estimate of drug-likeness (QED) is 0.516. The molecule has 1 heterocycles. The maximum absolute atomic E-state index is 10.7. The molecule has 0 bridgehead atoms. The monoisotopic (exact) mass is 142 g/mol. The van der Waals surface area contributed by atoms with Gasteiger partial charge in [0, 0.05) is 0 Å². The molecule has 0 unspecified atom stereocenters. The van der Waals surface area contributed by atoms with Crippen molar-refractivity contribution in [2.45, 2.75) is 25.9 Å². The number of carbonyl (C=O) groups is 1. The first kappa shape index (κ1) is 7.12. The molecule has 1 aliphatic rings. The Labute approximate surface area is 59.3 Å². The summed E-state index contributed by atoms with van der Waals surface area (Å²) in [6.45, 7) is 3.44. The van der Waals surface area contributed by atoms with Crippen molar-refractivity contribution in [1.29, 1.82) is 0 Å². The third-order valence-electron chi connectivity index (χ3n) is 1.22. The van der Waals surface area contributed by atoms with Crippen molar-refractivity contribution in [3.63, 3.8) is 0 Å². The van der Waals surface area contributed by atoms with Crippen LogP contribution in [0.3, 0.4) is 0 Å². The zero-order valence-electron chi connectivity index (χ0n) is 6.05. The molecule has 3 heteroatoms. The predicted octanol–water partition coefficient (Wildman–Crippen LogP) is 1.15. The summed E-state index contributed by atoms with van der Waals surface area (Å²) in [7, 11) is 0. The minimum Gasteiger partial charge on any atom is -0.512 e. The standard InChI is InChI=1S/C7H10O3/c1-7(2)4-5(8)3-6(9)10-7/h4,8H,3H2,1-2H3. The van der Waals surface area contributed by atoms with Crippen molar-refractivity contribution in [1.82, 2.24) is 0 Å². The predicted molar refractivity (Wildman–Crippen MR) is 35.5 cm³/mol. The van der Waals surface area contributed by atoms with Gasteiger partial charge < -0.3 is 9.84 Å². The van der Waals surface area contributed by atoms with E-state index in [1.165, 1.54) is 6.08 Å². The molecule has 0 aromatic rings. The lowest BCUT2D eigenvalue weighted by Crippen LogP contribution is -2.30. The minimum atomic E-state index is -0.639. The Balaban J connectivity index is 2.83. The van der Waals surface area contributed by atoms with Crippen molar-refractivity contribution in [2.24, 2.45) is 0 Å². The molecule has 10 heavy (non-hydrogen) atoms. The molecule has 0 fully saturated rings. The number of hydrogen-bond donors (Lipinski definition) is 1. The average Bonchev–Trinajstić information content (AvgIpc) is 1.54. The Kier molecular flexibility index (Phi) is 1.43. The summed E-state index contributed by atoms with van der Waals surface area (Å²) in [5, 5.41) is 8.98. The summed E-state index contributed by atoms with van der Waals surface area (Å²) in [6.07, 6.45) is 1.54. The second kappa shape index (κ2) is 2.01. The molecule has 0 spiro atoms. The third-order valence-corrected chi connectivity index (χ3v) is 1.22. The van der Waals surface area contributed by atoms with E-state index in [0.717, 1.165) is 0 Å². The first-order valence-corrected chi connectivity index (χ1v) is 3.12. The molecule has 1 rings (SSSR count). The van der Waals surface area contributed by atoms with Gasteiger partial charge in [0.15, 0.2) is 0 Å². The molecule has 0 radical (unpaired) electrons. The van der Waals surface area contributed by atoms with Gasteiger partial charge in [0.1, 0.15) is 17.8 Å². The zero-order chi connectivity index (χ0) is 7.78. The van der Waals surface area contributed by atoms with Crippen molar-refractivity contribution in [2.75, 3.05) is 0 Å². The minimum absolute atomic E-state index is 0.00340. The first-order valence-electron chi connectivity index (χ1n) is 3.12. The van der Waals surface area contributed by atoms with Crippen LogP contribution in [-0.4, -0.2) is 16.7 Å². The van der Waals surface area contributed by atoms with Crippen LogP contribution in [0.2, 0.25) is 0 Å². The first-order chi connectivity index (χ1) is 4.49. The van der Waals surface area contributed by atoms with Gasteiger partial charge in [-0.25, -0.2) is 0 Å². The van der Waals surface area contributed by atoms with Gasteiger partial charge in [0.2, 0.25) is 0 Å². The largest absolute Gasteiger partial charge is 0.512 e. The van der Waals surface area contributed by atoms with Gasteiger partial charge in [-0.2, -0.15) is 0 Å². The van der Waals surface area contributed by atoms with Gasteiger partial charge >= 0.3 is 5.97 Å². The fourth-order valence-corrected chi connectivity index (χ4v) is 0.959. The summed E-state index contributed by atoms with van der Waals surface area (Å²) in [4.78, 5) is 10.7. The molecule has 1 aliphatic heterocycles. The fraction of sp³-hybridized carbons (Fsp3) is 0.571. The fourth-order valence-electron chi connectivity index (χ4n) is 0.959. The average molecular weight is 142 g/mol. The van der Waals surface area contributed by atoms with Gasteiger partial charge in [0.05, 0.1) is 0 Å². The Morgan fingerprint density at radius 3 is 2.70 bits per heavy atom. The van der Waals surface area contributed by atoms with Crippen LogP contribution in [0.1, 0.15) is 20.3 Å². The maximum atomic E-state index is 10.7. The Hall–Kier alpha value is -0.990. The summed E-state index contributed by atoms with van der Waals surface area (Å²) in [6, 6.07) is 0. The van der Waals surface area contributed by atoms with Crippen LogP contribution in [0.4, 0.5) is 0 Å². The van der Waals surface area contributed by atoms with Crippen molar-refractivity contribution in [3.8, 4) is 0 Å². The molecule has 56 valence electrons. The smallest absolute Gasteiger partial charge is 0.314 e. The van der Waals surface area contributed by atoms with E-state index >= 15 is 0 Å². The van der Waals surface area contributed by atoms with Gasteiger partial charge in [-0.1, -0.05) is 0 Å². The molecular formula is C7H10O3. The Morgan fingerprint density at radius 2 is 2.30 bits per heavy atom. The Bertz CT molecular complexity index is 191. The van der Waals surface area contributed by atoms with Crippen LogP contribution in [0.25, 0.3) is 0 Å². The molecule has 0 amide bonds. The van der Waals surface area contributed by atoms with Crippen molar-refractivity contribution < 1.29 is 14.6 Å². The highest BCUT2D eigenvalue weighted by Gasteiger charge is 2.26. The SMILES string of the molecule is CC1(C)C=C(O)CC(=O)O1. The highest BCUT2D eigenvalue weighted by Crippen LogP contribution is 2.20. The van der Waals surface area contributed by atoms with E-state index < -0.39 is 5.60 Å². The lowest BCUT2D eigenvalue weighted by molar-refractivity contribution is -0.154. The normalized spacial score (nSPS) is 23.4. The van der Waals surface area contributed by atoms with Gasteiger partial charge in [-0.05, 0) is 19.9 Å². The van der Waals surface area contributed by atoms with Crippen LogP contribution in [0.5, 0.6) is 0 Å². The van der Waals surface area contributed by atoms with E-state index in [-0.39, 0.29) is 18.1 Å². The van der Waals surface area contributed by atoms with Crippen molar-refractivity contribution in [3.05, 3.63) is 11.8 Å². The van der Waals surface area contributed by atoms with Crippen LogP contribution >= 0.6 is 0 Å². The summed E-state index contributed by atoms with van der Waals surface area (Å²) in [5.41, 5.74) is -0.639. The molecule has 1 N–H and O–H groups in total. The van der Waals surface area contributed by atoms with Gasteiger partial charge in [-0.3, -0.25) is 4.79 Å². The molecule has 0 aromatic carbocycles. The van der Waals surface area contributed by atoms with Crippen LogP contribution in [0.15, 0.2) is 11.8 Å². The van der Waals surface area contributed by atoms with E-state index in [4.69, 9.17) is 9.84 Å². The number of ether oxygens (including phenoxy) is 1. The van der Waals surface area contributed by atoms with E-state index in [9.17, 15) is 4.79 Å². The van der Waals surface area contributed by atoms with E-state index in [1.54, 1.807) is 13.8 Å². The summed E-state index contributed by atoms with van der Waals surface area (Å²) in [5.74, 6) is -0.272. The Morgan fingerprint density at radius 1 is 1.70 bits per heavy atom. The lowest BCUT2D eigenvalue weighted by atomic mass is 10.1. The summed E-state index contributed by atoms with van der Waals surface area (Å²) < 4.78 is 4.87. The molecular weight excluding hydrogens is 132 g/mol. The van der Waals surface area contributed by atoms with Gasteiger partial charge in [0.25, 0.3) is 0 Å². The number of hydrogen-bond acceptors (Lipinski definition) is 3. The second-order valence-corrected chi connectivity index (χ2v) is 2.89. The van der Waals surface area contributed by atoms with E-state index in [1.807, 2.05) is 0 Å². The molecule has 0 aliphatic carbocycles. The van der Waals surface area contributed by atoms with Gasteiger partial charge in [-0.15, -0.1) is 0 Å². The topological polar surface area (TPSA) is 46.5 Å². The summed E-state index contributed by atoms with van der Waals surface area (Å²) >= 11 is 0. The number of aliphatic hydroxyl groups is 1. The maximum Gasteiger partial charge on any atom is 0.314 e.